The van der Waals surface area contributed by atoms with Gasteiger partial charge in [-0.15, -0.1) is 0 Å². The Hall–Kier alpha value is -1.02. The van der Waals surface area contributed by atoms with E-state index in [2.05, 4.69) is 32.9 Å². The van der Waals surface area contributed by atoms with E-state index in [0.29, 0.717) is 12.0 Å². The highest BCUT2D eigenvalue weighted by atomic mass is 16.5. The van der Waals surface area contributed by atoms with Crippen LogP contribution >= 0.6 is 0 Å². The molecule has 1 aliphatic rings. The van der Waals surface area contributed by atoms with E-state index in [1.54, 1.807) is 7.11 Å². The second kappa shape index (κ2) is 3.49. The molecule has 1 aromatic rings. The van der Waals surface area contributed by atoms with Crippen LogP contribution < -0.4 is 10.5 Å². The molecule has 88 valence electrons. The molecule has 0 bridgehead atoms. The Morgan fingerprint density at radius 2 is 2.00 bits per heavy atom. The second-order valence-corrected chi connectivity index (χ2v) is 5.48. The van der Waals surface area contributed by atoms with Gasteiger partial charge in [0.15, 0.2) is 0 Å². The largest absolute Gasteiger partial charge is 0.496 e. The molecule has 0 aliphatic heterocycles. The first-order valence-electron chi connectivity index (χ1n) is 5.83. The molecule has 1 saturated carbocycles. The highest BCUT2D eigenvalue weighted by Crippen LogP contribution is 2.64. The van der Waals surface area contributed by atoms with E-state index in [4.69, 9.17) is 10.5 Å². The van der Waals surface area contributed by atoms with Crippen LogP contribution in [0, 0.1) is 12.3 Å². The summed E-state index contributed by atoms with van der Waals surface area (Å²) in [6.45, 7) is 7.42. The molecule has 2 rings (SSSR count). The van der Waals surface area contributed by atoms with Gasteiger partial charge in [-0.05, 0) is 36.0 Å². The highest BCUT2D eigenvalue weighted by Gasteiger charge is 2.61. The predicted octanol–water partition coefficient (Wildman–Crippen LogP) is 2.63. The van der Waals surface area contributed by atoms with E-state index in [1.165, 1.54) is 17.5 Å². The summed E-state index contributed by atoms with van der Waals surface area (Å²) in [5, 5.41) is 0. The van der Waals surface area contributed by atoms with Gasteiger partial charge in [-0.3, -0.25) is 0 Å². The lowest BCUT2D eigenvalue weighted by atomic mass is 9.85. The first kappa shape index (κ1) is 11.5. The lowest BCUT2D eigenvalue weighted by Crippen LogP contribution is -2.26. The first-order chi connectivity index (χ1) is 7.48. The summed E-state index contributed by atoms with van der Waals surface area (Å²) in [5.41, 5.74) is 9.07. The van der Waals surface area contributed by atoms with Gasteiger partial charge in [0, 0.05) is 12.0 Å². The fourth-order valence-corrected chi connectivity index (χ4v) is 2.98. The van der Waals surface area contributed by atoms with Gasteiger partial charge in [0.2, 0.25) is 0 Å². The molecule has 1 fully saturated rings. The number of hydrogen-bond acceptors (Lipinski definition) is 2. The van der Waals surface area contributed by atoms with Gasteiger partial charge in [-0.1, -0.05) is 26.0 Å². The summed E-state index contributed by atoms with van der Waals surface area (Å²) < 4.78 is 5.38. The third-order valence-corrected chi connectivity index (χ3v) is 4.28. The van der Waals surface area contributed by atoms with Crippen molar-refractivity contribution >= 4 is 0 Å². The molecule has 2 heteroatoms. The maximum Gasteiger partial charge on any atom is 0.122 e. The van der Waals surface area contributed by atoms with Crippen molar-refractivity contribution in [2.24, 2.45) is 11.1 Å². The quantitative estimate of drug-likeness (QED) is 0.848. The van der Waals surface area contributed by atoms with Crippen molar-refractivity contribution in [3.63, 3.8) is 0 Å². The molecule has 1 aromatic carbocycles. The monoisotopic (exact) mass is 219 g/mol. The third-order valence-electron chi connectivity index (χ3n) is 4.28. The summed E-state index contributed by atoms with van der Waals surface area (Å²) in [7, 11) is 1.72. The molecular weight excluding hydrogens is 198 g/mol. The van der Waals surface area contributed by atoms with Gasteiger partial charge in [0.05, 0.1) is 7.11 Å². The van der Waals surface area contributed by atoms with Gasteiger partial charge < -0.3 is 10.5 Å². The van der Waals surface area contributed by atoms with Crippen molar-refractivity contribution in [2.45, 2.75) is 32.6 Å². The third kappa shape index (κ3) is 1.36. The van der Waals surface area contributed by atoms with Crippen LogP contribution in [0.4, 0.5) is 0 Å². The molecule has 0 spiro atoms. The number of methoxy groups -OCH3 is 1. The fraction of sp³-hybridized carbons (Fsp3) is 0.571. The Labute approximate surface area is 97.8 Å². The summed E-state index contributed by atoms with van der Waals surface area (Å²) in [6, 6.07) is 6.27. The highest BCUT2D eigenvalue weighted by molar-refractivity contribution is 5.48. The van der Waals surface area contributed by atoms with E-state index in [9.17, 15) is 0 Å². The van der Waals surface area contributed by atoms with Crippen molar-refractivity contribution in [2.75, 3.05) is 13.7 Å². The molecule has 2 nitrogen and oxygen atoms in total. The molecule has 0 amide bonds. The number of hydrogen-bond donors (Lipinski definition) is 1. The molecule has 1 atom stereocenters. The fourth-order valence-electron chi connectivity index (χ4n) is 2.98. The maximum absolute atomic E-state index is 6.00. The van der Waals surface area contributed by atoms with Crippen molar-refractivity contribution < 1.29 is 4.74 Å². The lowest BCUT2D eigenvalue weighted by Gasteiger charge is -2.22. The van der Waals surface area contributed by atoms with Crippen molar-refractivity contribution in [1.29, 1.82) is 0 Å². The van der Waals surface area contributed by atoms with Crippen LogP contribution in [0.15, 0.2) is 18.2 Å². The summed E-state index contributed by atoms with van der Waals surface area (Å²) in [6.07, 6.45) is 1.17. The molecule has 1 unspecified atom stereocenters. The number of rotatable bonds is 3. The van der Waals surface area contributed by atoms with Gasteiger partial charge in [-0.25, -0.2) is 0 Å². The van der Waals surface area contributed by atoms with E-state index >= 15 is 0 Å². The SMILES string of the molecule is COc1cccc(C2(CN)CC2(C)C)c1C. The summed E-state index contributed by atoms with van der Waals surface area (Å²) in [4.78, 5) is 0. The lowest BCUT2D eigenvalue weighted by molar-refractivity contribution is 0.408. The van der Waals surface area contributed by atoms with Gasteiger partial charge in [-0.2, -0.15) is 0 Å². The Balaban J connectivity index is 2.49. The first-order valence-corrected chi connectivity index (χ1v) is 5.83. The Morgan fingerprint density at radius 1 is 1.38 bits per heavy atom. The zero-order chi connectivity index (χ0) is 12.0. The summed E-state index contributed by atoms with van der Waals surface area (Å²) in [5.74, 6) is 0.966. The molecule has 0 saturated heterocycles. The number of benzene rings is 1. The van der Waals surface area contributed by atoms with Crippen molar-refractivity contribution in [3.05, 3.63) is 29.3 Å². The standard InChI is InChI=1S/C14H21NO/c1-10-11(6-5-7-12(10)16-4)14(9-15)8-13(14,2)3/h5-7H,8-9,15H2,1-4H3. The van der Waals surface area contributed by atoms with Crippen molar-refractivity contribution in [3.8, 4) is 5.75 Å². The Kier molecular flexibility index (Phi) is 2.50. The average molecular weight is 219 g/mol. The zero-order valence-electron chi connectivity index (χ0n) is 10.6. The molecule has 16 heavy (non-hydrogen) atoms. The van der Waals surface area contributed by atoms with Crippen molar-refractivity contribution in [1.82, 2.24) is 0 Å². The van der Waals surface area contributed by atoms with Crippen LogP contribution in [0.1, 0.15) is 31.4 Å². The van der Waals surface area contributed by atoms with Crippen LogP contribution in [0.25, 0.3) is 0 Å². The number of nitrogens with two attached hydrogens (primary N) is 1. The van der Waals surface area contributed by atoms with Gasteiger partial charge >= 0.3 is 0 Å². The molecule has 0 heterocycles. The van der Waals surface area contributed by atoms with E-state index in [-0.39, 0.29) is 5.41 Å². The van der Waals surface area contributed by atoms with Crippen LogP contribution in [0.5, 0.6) is 5.75 Å². The summed E-state index contributed by atoms with van der Waals surface area (Å²) >= 11 is 0. The minimum atomic E-state index is 0.158. The average Bonchev–Trinajstić information content (AvgIpc) is 2.82. The molecule has 1 aliphatic carbocycles. The van der Waals surface area contributed by atoms with Crippen LogP contribution in [0.3, 0.4) is 0 Å². The van der Waals surface area contributed by atoms with Crippen LogP contribution in [0.2, 0.25) is 0 Å². The number of ether oxygens (including phenoxy) is 1. The van der Waals surface area contributed by atoms with Crippen LogP contribution in [-0.2, 0) is 5.41 Å². The molecule has 0 aromatic heterocycles. The maximum atomic E-state index is 6.00. The smallest absolute Gasteiger partial charge is 0.122 e. The molecular formula is C14H21NO. The molecule has 2 N–H and O–H groups in total. The molecule has 0 radical (unpaired) electrons. The van der Waals surface area contributed by atoms with Gasteiger partial charge in [0.25, 0.3) is 0 Å². The zero-order valence-corrected chi connectivity index (χ0v) is 10.6. The second-order valence-electron chi connectivity index (χ2n) is 5.48. The topological polar surface area (TPSA) is 35.2 Å². The minimum Gasteiger partial charge on any atom is -0.496 e. The van der Waals surface area contributed by atoms with E-state index in [1.807, 2.05) is 6.07 Å². The Morgan fingerprint density at radius 3 is 2.44 bits per heavy atom. The van der Waals surface area contributed by atoms with Gasteiger partial charge in [0.1, 0.15) is 5.75 Å². The normalized spacial score (nSPS) is 26.6. The van der Waals surface area contributed by atoms with E-state index < -0.39 is 0 Å². The van der Waals surface area contributed by atoms with E-state index in [0.717, 1.165) is 5.75 Å². The van der Waals surface area contributed by atoms with Crippen LogP contribution in [-0.4, -0.2) is 13.7 Å². The Bertz CT molecular complexity index is 411. The predicted molar refractivity (Wildman–Crippen MR) is 66.9 cm³/mol. The minimum absolute atomic E-state index is 0.158.